The molecule has 2 rings (SSSR count). The van der Waals surface area contributed by atoms with Gasteiger partial charge in [0.1, 0.15) is 5.56 Å². The second kappa shape index (κ2) is 4.70. The first-order valence-electron chi connectivity index (χ1n) is 5.89. The zero-order valence-corrected chi connectivity index (χ0v) is 11.7. The number of hydrogen-bond acceptors (Lipinski definition) is 2. The first kappa shape index (κ1) is 13.6. The summed E-state index contributed by atoms with van der Waals surface area (Å²) in [6, 6.07) is 3.23. The third kappa shape index (κ3) is 2.12. The molecule has 0 aliphatic heterocycles. The maximum absolute atomic E-state index is 12.2. The van der Waals surface area contributed by atoms with Gasteiger partial charge in [0.25, 0.3) is 0 Å². The Morgan fingerprint density at radius 1 is 1.37 bits per heavy atom. The molecule has 1 aromatic carbocycles. The fourth-order valence-corrected chi connectivity index (χ4v) is 2.68. The number of halogens is 1. The molecular weight excluding hydrogens is 266 g/mol. The maximum atomic E-state index is 12.2. The summed E-state index contributed by atoms with van der Waals surface area (Å²) in [5.41, 5.74) is 0.847. The number of fused-ring (bicyclic) bond motifs is 1. The van der Waals surface area contributed by atoms with Gasteiger partial charge in [-0.1, -0.05) is 25.4 Å². The van der Waals surface area contributed by atoms with E-state index in [1.165, 1.54) is 6.20 Å². The summed E-state index contributed by atoms with van der Waals surface area (Å²) >= 11 is 6.19. The molecule has 0 amide bonds. The molecule has 1 N–H and O–H groups in total. The van der Waals surface area contributed by atoms with Gasteiger partial charge in [0.2, 0.25) is 5.43 Å². The van der Waals surface area contributed by atoms with Crippen LogP contribution in [0.25, 0.3) is 10.9 Å². The van der Waals surface area contributed by atoms with Crippen molar-refractivity contribution in [2.45, 2.75) is 19.8 Å². The van der Waals surface area contributed by atoms with E-state index in [4.69, 9.17) is 16.7 Å². The van der Waals surface area contributed by atoms with Crippen LogP contribution >= 0.6 is 11.6 Å². The molecule has 100 valence electrons. The van der Waals surface area contributed by atoms with Gasteiger partial charge in [-0.25, -0.2) is 4.79 Å². The van der Waals surface area contributed by atoms with E-state index < -0.39 is 11.4 Å². The first-order chi connectivity index (χ1) is 8.84. The predicted octanol–water partition coefficient (Wildman–Crippen LogP) is 3.01. The molecular formula is C14H14ClNO3. The van der Waals surface area contributed by atoms with Crippen LogP contribution in [-0.4, -0.2) is 15.6 Å². The van der Waals surface area contributed by atoms with Crippen molar-refractivity contribution in [1.82, 2.24) is 4.57 Å². The van der Waals surface area contributed by atoms with Crippen molar-refractivity contribution in [2.24, 2.45) is 7.05 Å². The van der Waals surface area contributed by atoms with Crippen LogP contribution in [0.5, 0.6) is 0 Å². The van der Waals surface area contributed by atoms with Crippen LogP contribution in [0.3, 0.4) is 0 Å². The summed E-state index contributed by atoms with van der Waals surface area (Å²) in [4.78, 5) is 23.2. The quantitative estimate of drug-likeness (QED) is 0.919. The lowest BCUT2D eigenvalue weighted by atomic mass is 9.98. The molecule has 0 saturated carbocycles. The molecule has 0 unspecified atom stereocenters. The van der Waals surface area contributed by atoms with Crippen molar-refractivity contribution in [3.63, 3.8) is 0 Å². The standard InChI is InChI=1S/C14H14ClNO3/c1-7(2)11-10(15)5-4-8-12(11)16(3)6-9(13(8)17)14(18)19/h4-7H,1-3H3,(H,18,19). The predicted molar refractivity (Wildman–Crippen MR) is 75.2 cm³/mol. The molecule has 0 aliphatic rings. The molecule has 1 heterocycles. The summed E-state index contributed by atoms with van der Waals surface area (Å²) in [7, 11) is 1.72. The fourth-order valence-electron chi connectivity index (χ4n) is 2.31. The highest BCUT2D eigenvalue weighted by atomic mass is 35.5. The van der Waals surface area contributed by atoms with E-state index in [1.807, 2.05) is 13.8 Å². The zero-order valence-electron chi connectivity index (χ0n) is 10.9. The molecule has 5 heteroatoms. The fraction of sp³-hybridized carbons (Fsp3) is 0.286. The highest BCUT2D eigenvalue weighted by molar-refractivity contribution is 6.32. The van der Waals surface area contributed by atoms with Gasteiger partial charge in [-0.3, -0.25) is 4.79 Å². The Balaban J connectivity index is 3.02. The Bertz CT molecular complexity index is 732. The van der Waals surface area contributed by atoms with Crippen molar-refractivity contribution in [1.29, 1.82) is 0 Å². The number of pyridine rings is 1. The molecule has 1 aromatic heterocycles. The van der Waals surface area contributed by atoms with Gasteiger partial charge < -0.3 is 9.67 Å². The van der Waals surface area contributed by atoms with Crippen LogP contribution in [-0.2, 0) is 7.05 Å². The van der Waals surface area contributed by atoms with E-state index >= 15 is 0 Å². The summed E-state index contributed by atoms with van der Waals surface area (Å²) in [5, 5.41) is 10.0. The molecule has 0 fully saturated rings. The molecule has 0 saturated heterocycles. The van der Waals surface area contributed by atoms with Crippen molar-refractivity contribution in [2.75, 3.05) is 0 Å². The smallest absolute Gasteiger partial charge is 0.341 e. The highest BCUT2D eigenvalue weighted by Gasteiger charge is 2.18. The minimum absolute atomic E-state index is 0.137. The van der Waals surface area contributed by atoms with Gasteiger partial charge in [0, 0.05) is 23.7 Å². The van der Waals surface area contributed by atoms with E-state index in [2.05, 4.69) is 0 Å². The van der Waals surface area contributed by atoms with Crippen molar-refractivity contribution >= 4 is 28.5 Å². The van der Waals surface area contributed by atoms with E-state index in [-0.39, 0.29) is 11.5 Å². The summed E-state index contributed by atoms with van der Waals surface area (Å²) in [6.45, 7) is 3.96. The molecule has 0 aliphatic carbocycles. The number of nitrogens with zero attached hydrogens (tertiary/aromatic N) is 1. The lowest BCUT2D eigenvalue weighted by molar-refractivity contribution is 0.0695. The summed E-state index contributed by atoms with van der Waals surface area (Å²) in [6.07, 6.45) is 1.34. The number of aromatic nitrogens is 1. The number of benzene rings is 1. The van der Waals surface area contributed by atoms with E-state index in [9.17, 15) is 9.59 Å². The van der Waals surface area contributed by atoms with E-state index in [0.717, 1.165) is 5.56 Å². The second-order valence-corrected chi connectivity index (χ2v) is 5.21. The van der Waals surface area contributed by atoms with Crippen LogP contribution in [0.2, 0.25) is 5.02 Å². The monoisotopic (exact) mass is 279 g/mol. The van der Waals surface area contributed by atoms with Crippen molar-refractivity contribution < 1.29 is 9.90 Å². The molecule has 2 aromatic rings. The number of carboxylic acids is 1. The largest absolute Gasteiger partial charge is 0.477 e. The number of hydrogen-bond donors (Lipinski definition) is 1. The molecule has 0 bridgehead atoms. The Labute approximate surface area is 115 Å². The summed E-state index contributed by atoms with van der Waals surface area (Å²) in [5.74, 6) is -1.08. The number of rotatable bonds is 2. The Morgan fingerprint density at radius 3 is 2.53 bits per heavy atom. The van der Waals surface area contributed by atoms with Gasteiger partial charge in [-0.05, 0) is 23.6 Å². The normalized spacial score (nSPS) is 11.2. The van der Waals surface area contributed by atoms with Crippen LogP contribution in [0.15, 0.2) is 23.1 Å². The first-order valence-corrected chi connectivity index (χ1v) is 6.27. The average molecular weight is 280 g/mol. The van der Waals surface area contributed by atoms with Crippen molar-refractivity contribution in [3.05, 3.63) is 44.7 Å². The van der Waals surface area contributed by atoms with Gasteiger partial charge in [0.05, 0.1) is 5.52 Å². The summed E-state index contributed by atoms with van der Waals surface area (Å²) < 4.78 is 1.65. The third-order valence-corrected chi connectivity index (χ3v) is 3.47. The van der Waals surface area contributed by atoms with Gasteiger partial charge in [-0.2, -0.15) is 0 Å². The number of aryl methyl sites for hydroxylation is 1. The zero-order chi connectivity index (χ0) is 14.3. The van der Waals surface area contributed by atoms with Crippen LogP contribution in [0.4, 0.5) is 0 Å². The second-order valence-electron chi connectivity index (χ2n) is 4.80. The van der Waals surface area contributed by atoms with Crippen LogP contribution < -0.4 is 5.43 Å². The minimum atomic E-state index is -1.22. The molecule has 4 nitrogen and oxygen atoms in total. The number of carboxylic acid groups (broad SMARTS) is 1. The Morgan fingerprint density at radius 2 is 2.00 bits per heavy atom. The van der Waals surface area contributed by atoms with E-state index in [1.54, 1.807) is 23.7 Å². The van der Waals surface area contributed by atoms with Crippen LogP contribution in [0, 0.1) is 0 Å². The molecule has 19 heavy (non-hydrogen) atoms. The topological polar surface area (TPSA) is 59.3 Å². The maximum Gasteiger partial charge on any atom is 0.341 e. The molecule has 0 radical (unpaired) electrons. The van der Waals surface area contributed by atoms with E-state index in [0.29, 0.717) is 15.9 Å². The average Bonchev–Trinajstić information content (AvgIpc) is 2.32. The minimum Gasteiger partial charge on any atom is -0.477 e. The third-order valence-electron chi connectivity index (χ3n) is 3.14. The Kier molecular flexibility index (Phi) is 3.37. The SMILES string of the molecule is CC(C)c1c(Cl)ccc2c(=O)c(C(=O)O)cn(C)c12. The highest BCUT2D eigenvalue weighted by Crippen LogP contribution is 2.30. The van der Waals surface area contributed by atoms with Gasteiger partial charge in [-0.15, -0.1) is 0 Å². The lowest BCUT2D eigenvalue weighted by Crippen LogP contribution is -2.18. The van der Waals surface area contributed by atoms with Gasteiger partial charge in [0.15, 0.2) is 0 Å². The van der Waals surface area contributed by atoms with Crippen LogP contribution in [0.1, 0.15) is 35.7 Å². The molecule has 0 spiro atoms. The Hall–Kier alpha value is -1.81. The van der Waals surface area contributed by atoms with Gasteiger partial charge >= 0.3 is 5.97 Å². The number of aromatic carboxylic acids is 1. The molecule has 0 atom stereocenters. The number of carbonyl (C=O) groups is 1. The lowest BCUT2D eigenvalue weighted by Gasteiger charge is -2.16. The van der Waals surface area contributed by atoms with Crippen molar-refractivity contribution in [3.8, 4) is 0 Å².